The molecule has 1 N–H and O–H groups in total. The van der Waals surface area contributed by atoms with Crippen LogP contribution in [0.5, 0.6) is 0 Å². The average Bonchev–Trinajstić information content (AvgIpc) is 3.50. The summed E-state index contributed by atoms with van der Waals surface area (Å²) in [6.07, 6.45) is 49.3. The van der Waals surface area contributed by atoms with Gasteiger partial charge in [0, 0.05) is 29.1 Å². The van der Waals surface area contributed by atoms with Crippen molar-refractivity contribution in [3.05, 3.63) is 131 Å². The van der Waals surface area contributed by atoms with E-state index in [1.54, 1.807) is 16.8 Å². The van der Waals surface area contributed by atoms with Gasteiger partial charge >= 0.3 is 0 Å². The van der Waals surface area contributed by atoms with Crippen molar-refractivity contribution in [2.24, 2.45) is 41.4 Å². The Balaban J connectivity index is 1.03. The third-order valence-electron chi connectivity index (χ3n) is 12.3. The normalized spacial score (nSPS) is 36.7. The molecule has 4 nitrogen and oxygen atoms in total. The highest BCUT2D eigenvalue weighted by Gasteiger charge is 2.45. The van der Waals surface area contributed by atoms with Crippen LogP contribution in [-0.4, -0.2) is 17.0 Å². The van der Waals surface area contributed by atoms with Crippen LogP contribution < -0.4 is 5.32 Å². The van der Waals surface area contributed by atoms with Crippen LogP contribution in [0.2, 0.25) is 0 Å². The van der Waals surface area contributed by atoms with Crippen molar-refractivity contribution in [2.75, 3.05) is 0 Å². The first-order chi connectivity index (χ1) is 23.7. The van der Waals surface area contributed by atoms with E-state index in [2.05, 4.69) is 113 Å². The first kappa shape index (κ1) is 31.0. The maximum absolute atomic E-state index is 9.81. The van der Waals surface area contributed by atoms with E-state index < -0.39 is 0 Å². The summed E-state index contributed by atoms with van der Waals surface area (Å²) >= 11 is 0. The molecule has 0 amide bonds. The standard InChI is InChI=1S/C44H48N4/c45-28-30-19-22-36(23-20-30)47-42-24-21-33(27-41(42)34-11-6-9-31(25-34)29-46)32-10-7-12-35(26-32)38-16-8-17-40-39-15-4-5-18-43(39)48(44(38)40)37-13-2-1-3-14-37/h1-2,4,6-7,9-10,12-13,15,17,19,21-24,30-34,38,41-42,44,47H,3,5,8,11,14,16,18,20,25-27H2/t30?,31?,32?,33-,34-,38?,41?,42?,44-/m1/s1. The number of hydrogen-bond acceptors (Lipinski definition) is 4. The lowest BCUT2D eigenvalue weighted by Crippen LogP contribution is -2.43. The fourth-order valence-electron chi connectivity index (χ4n) is 9.95. The Hall–Kier alpha value is -4.28. The molecule has 0 saturated carbocycles. The number of allylic oxidation sites excluding steroid dienone is 17. The molecule has 244 valence electrons. The van der Waals surface area contributed by atoms with E-state index in [1.807, 2.05) is 6.08 Å². The number of nitrogens with zero attached hydrogens (tertiary/aromatic N) is 3. The molecule has 0 spiro atoms. The van der Waals surface area contributed by atoms with Crippen LogP contribution in [0, 0.1) is 64.1 Å². The quantitative estimate of drug-likeness (QED) is 0.296. The molecule has 6 unspecified atom stereocenters. The van der Waals surface area contributed by atoms with Crippen LogP contribution in [0.15, 0.2) is 131 Å². The molecule has 9 atom stereocenters. The van der Waals surface area contributed by atoms with Gasteiger partial charge < -0.3 is 10.2 Å². The Kier molecular flexibility index (Phi) is 8.84. The summed E-state index contributed by atoms with van der Waals surface area (Å²) < 4.78 is 0. The van der Waals surface area contributed by atoms with Gasteiger partial charge in [0.05, 0.1) is 30.0 Å². The van der Waals surface area contributed by atoms with Crippen LogP contribution in [0.3, 0.4) is 0 Å². The monoisotopic (exact) mass is 632 g/mol. The highest BCUT2D eigenvalue weighted by Crippen LogP contribution is 2.51. The number of fused-ring (bicyclic) bond motifs is 2. The fourth-order valence-corrected chi connectivity index (χ4v) is 9.95. The molecule has 0 saturated heterocycles. The van der Waals surface area contributed by atoms with E-state index in [0.717, 1.165) is 69.9 Å². The van der Waals surface area contributed by atoms with Crippen molar-refractivity contribution in [3.8, 4) is 12.1 Å². The summed E-state index contributed by atoms with van der Waals surface area (Å²) in [6, 6.07) is 5.56. The third-order valence-corrected chi connectivity index (χ3v) is 12.3. The molecule has 0 bridgehead atoms. The summed E-state index contributed by atoms with van der Waals surface area (Å²) in [5.41, 5.74) is 8.92. The van der Waals surface area contributed by atoms with Gasteiger partial charge in [-0.25, -0.2) is 0 Å². The molecule has 7 aliphatic carbocycles. The molecule has 1 heterocycles. The smallest absolute Gasteiger partial charge is 0.0700 e. The van der Waals surface area contributed by atoms with Gasteiger partial charge in [-0.3, -0.25) is 0 Å². The first-order valence-electron chi connectivity index (χ1n) is 18.6. The molecule has 4 heteroatoms. The van der Waals surface area contributed by atoms with Gasteiger partial charge in [-0.1, -0.05) is 90.6 Å². The van der Waals surface area contributed by atoms with Gasteiger partial charge in [-0.15, -0.1) is 0 Å². The fraction of sp³-hybridized carbons (Fsp3) is 0.455. The van der Waals surface area contributed by atoms with Crippen molar-refractivity contribution in [3.63, 3.8) is 0 Å². The summed E-state index contributed by atoms with van der Waals surface area (Å²) in [7, 11) is 0. The second kappa shape index (κ2) is 13.7. The minimum absolute atomic E-state index is 0.00926. The summed E-state index contributed by atoms with van der Waals surface area (Å²) in [6.45, 7) is 0. The lowest BCUT2D eigenvalue weighted by Gasteiger charge is -2.43. The van der Waals surface area contributed by atoms with Gasteiger partial charge in [0.1, 0.15) is 0 Å². The largest absolute Gasteiger partial charge is 0.379 e. The minimum atomic E-state index is -0.0289. The topological polar surface area (TPSA) is 62.9 Å². The van der Waals surface area contributed by atoms with Gasteiger partial charge in [-0.05, 0) is 118 Å². The van der Waals surface area contributed by atoms with Crippen molar-refractivity contribution in [2.45, 2.75) is 82.7 Å². The van der Waals surface area contributed by atoms with Gasteiger partial charge in [0.2, 0.25) is 0 Å². The predicted octanol–water partition coefficient (Wildman–Crippen LogP) is 9.59. The molecule has 0 radical (unpaired) electrons. The van der Waals surface area contributed by atoms with E-state index in [4.69, 9.17) is 0 Å². The molecule has 0 fully saturated rings. The van der Waals surface area contributed by atoms with E-state index in [1.165, 1.54) is 17.7 Å². The van der Waals surface area contributed by atoms with Gasteiger partial charge in [0.25, 0.3) is 0 Å². The summed E-state index contributed by atoms with van der Waals surface area (Å²) in [5.74, 6) is 2.42. The third kappa shape index (κ3) is 5.96. The second-order valence-corrected chi connectivity index (χ2v) is 15.1. The minimum Gasteiger partial charge on any atom is -0.379 e. The van der Waals surface area contributed by atoms with Crippen molar-refractivity contribution in [1.82, 2.24) is 10.2 Å². The van der Waals surface area contributed by atoms with E-state index in [0.29, 0.717) is 35.6 Å². The maximum Gasteiger partial charge on any atom is 0.0700 e. The Morgan fingerprint density at radius 3 is 2.52 bits per heavy atom. The Bertz CT molecular complexity index is 1720. The number of nitriles is 2. The number of hydrogen-bond donors (Lipinski definition) is 1. The molecular formula is C44H48N4. The lowest BCUT2D eigenvalue weighted by atomic mass is 9.66. The summed E-state index contributed by atoms with van der Waals surface area (Å²) in [5, 5.41) is 23.0. The zero-order valence-corrected chi connectivity index (χ0v) is 28.1. The Labute approximate surface area is 287 Å². The molecule has 0 aromatic rings. The van der Waals surface area contributed by atoms with Crippen LogP contribution in [0.4, 0.5) is 0 Å². The van der Waals surface area contributed by atoms with E-state index in [-0.39, 0.29) is 17.9 Å². The second-order valence-electron chi connectivity index (χ2n) is 15.1. The molecule has 48 heavy (non-hydrogen) atoms. The maximum atomic E-state index is 9.81. The number of rotatable bonds is 6. The van der Waals surface area contributed by atoms with E-state index in [9.17, 15) is 10.5 Å². The van der Waals surface area contributed by atoms with Crippen molar-refractivity contribution in [1.29, 1.82) is 10.5 Å². The zero-order valence-electron chi connectivity index (χ0n) is 28.1. The molecule has 0 aromatic carbocycles. The molecular weight excluding hydrogens is 585 g/mol. The van der Waals surface area contributed by atoms with E-state index >= 15 is 0 Å². The molecule has 8 aliphatic rings. The van der Waals surface area contributed by atoms with Crippen LogP contribution in [-0.2, 0) is 0 Å². The SMILES string of the molecule is N#CC1C=CC(NC2C=C[C@@H](C3C=CC=C(C4CCC=C5C6=C(CCC=C6)N(C6=CC=CCC6)[C@@H]54)C3)CC2[C@@H]2CC=CC(C#N)C2)=CC1. The predicted molar refractivity (Wildman–Crippen MR) is 193 cm³/mol. The van der Waals surface area contributed by atoms with Crippen molar-refractivity contribution < 1.29 is 0 Å². The zero-order chi connectivity index (χ0) is 32.5. The van der Waals surface area contributed by atoms with Crippen LogP contribution in [0.25, 0.3) is 0 Å². The van der Waals surface area contributed by atoms with Crippen LogP contribution in [0.1, 0.15) is 70.6 Å². The Morgan fingerprint density at radius 2 is 1.69 bits per heavy atom. The van der Waals surface area contributed by atoms with Gasteiger partial charge in [-0.2, -0.15) is 10.5 Å². The van der Waals surface area contributed by atoms with Crippen molar-refractivity contribution >= 4 is 0 Å². The highest BCUT2D eigenvalue weighted by atomic mass is 15.2. The average molecular weight is 633 g/mol. The lowest BCUT2D eigenvalue weighted by molar-refractivity contribution is 0.193. The molecule has 1 aliphatic heterocycles. The van der Waals surface area contributed by atoms with Crippen LogP contribution >= 0.6 is 0 Å². The first-order valence-corrected chi connectivity index (χ1v) is 18.6. The highest BCUT2D eigenvalue weighted by molar-refractivity contribution is 5.56. The van der Waals surface area contributed by atoms with Gasteiger partial charge in [0.15, 0.2) is 0 Å². The number of nitrogens with one attached hydrogen (secondary N) is 1. The molecule has 8 rings (SSSR count). The molecule has 0 aromatic heterocycles. The Morgan fingerprint density at radius 1 is 0.771 bits per heavy atom. The summed E-state index contributed by atoms with van der Waals surface area (Å²) in [4.78, 5) is 2.79.